The number of aliphatic carboxylic acids is 1. The van der Waals surface area contributed by atoms with Gasteiger partial charge < -0.3 is 25.4 Å². The third-order valence-electron chi connectivity index (χ3n) is 3.71. The van der Waals surface area contributed by atoms with E-state index in [-0.39, 0.29) is 12.1 Å². The van der Waals surface area contributed by atoms with Gasteiger partial charge in [0.05, 0.1) is 6.10 Å². The van der Waals surface area contributed by atoms with E-state index >= 15 is 0 Å². The number of urea groups is 1. The molecule has 1 saturated heterocycles. The first-order valence-electron chi connectivity index (χ1n) is 8.85. The highest BCUT2D eigenvalue weighted by atomic mass is 16.5. The molecule has 1 aliphatic heterocycles. The molecule has 7 heteroatoms. The number of nitrogens with zero attached hydrogens (tertiary/aromatic N) is 2. The number of piperazine rings is 1. The van der Waals surface area contributed by atoms with Crippen molar-refractivity contribution in [3.8, 4) is 5.75 Å². The molecule has 1 aromatic rings. The van der Waals surface area contributed by atoms with E-state index in [4.69, 9.17) is 15.6 Å². The molecule has 0 spiro atoms. The highest BCUT2D eigenvalue weighted by molar-refractivity contribution is 5.80. The highest BCUT2D eigenvalue weighted by Crippen LogP contribution is 2.14. The lowest BCUT2D eigenvalue weighted by atomic mass is 10.2. The van der Waals surface area contributed by atoms with Gasteiger partial charge in [-0.15, -0.1) is 0 Å². The third kappa shape index (κ3) is 10.1. The van der Waals surface area contributed by atoms with E-state index in [1.807, 2.05) is 51.2 Å². The number of carbonyl (C=O) groups excluding carboxylic acids is 1. The van der Waals surface area contributed by atoms with Crippen molar-refractivity contribution in [2.45, 2.75) is 20.0 Å². The molecular formula is C20H29N3O4. The predicted molar refractivity (Wildman–Crippen MR) is 107 cm³/mol. The lowest BCUT2D eigenvalue weighted by Gasteiger charge is -2.30. The number of allylic oxidation sites excluding steroid dienone is 2. The van der Waals surface area contributed by atoms with Crippen LogP contribution in [0.2, 0.25) is 0 Å². The minimum atomic E-state index is -0.949. The lowest BCUT2D eigenvalue weighted by Crippen LogP contribution is -2.49. The first kappa shape index (κ1) is 22.2. The number of likely N-dealkylation sites (N-methyl/N-ethyl adjacent to an activating group) is 1. The van der Waals surface area contributed by atoms with Gasteiger partial charge in [0.2, 0.25) is 0 Å². The second-order valence-corrected chi connectivity index (χ2v) is 6.42. The van der Waals surface area contributed by atoms with E-state index in [0.29, 0.717) is 0 Å². The van der Waals surface area contributed by atoms with Gasteiger partial charge in [-0.25, -0.2) is 9.59 Å². The summed E-state index contributed by atoms with van der Waals surface area (Å²) in [6.07, 6.45) is 6.26. The van der Waals surface area contributed by atoms with Crippen molar-refractivity contribution in [1.82, 2.24) is 9.80 Å². The number of amides is 2. The summed E-state index contributed by atoms with van der Waals surface area (Å²) in [4.78, 5) is 24.7. The molecular weight excluding hydrogens is 346 g/mol. The Hall–Kier alpha value is -2.80. The van der Waals surface area contributed by atoms with Crippen LogP contribution in [-0.2, 0) is 4.79 Å². The number of hydrogen-bond donors (Lipinski definition) is 2. The van der Waals surface area contributed by atoms with E-state index in [2.05, 4.69) is 4.90 Å². The van der Waals surface area contributed by atoms with Gasteiger partial charge in [0.15, 0.2) is 0 Å². The van der Waals surface area contributed by atoms with E-state index < -0.39 is 5.97 Å². The van der Waals surface area contributed by atoms with Crippen LogP contribution >= 0.6 is 0 Å². The van der Waals surface area contributed by atoms with Gasteiger partial charge in [-0.1, -0.05) is 30.4 Å². The Bertz CT molecular complexity index is 646. The molecule has 7 nitrogen and oxygen atoms in total. The summed E-state index contributed by atoms with van der Waals surface area (Å²) in [5.41, 5.74) is 6.08. The number of ether oxygens (including phenoxy) is 1. The van der Waals surface area contributed by atoms with Crippen LogP contribution in [0.5, 0.6) is 5.75 Å². The topological polar surface area (TPSA) is 96.1 Å². The van der Waals surface area contributed by atoms with Crippen molar-refractivity contribution in [1.29, 1.82) is 0 Å². The summed E-state index contributed by atoms with van der Waals surface area (Å²) in [5.74, 6) is -0.117. The molecule has 2 rings (SSSR count). The van der Waals surface area contributed by atoms with Crippen molar-refractivity contribution < 1.29 is 19.4 Å². The fourth-order valence-corrected chi connectivity index (χ4v) is 2.26. The summed E-state index contributed by atoms with van der Waals surface area (Å²) in [5, 5.41) is 8.39. The number of carboxylic acid groups (broad SMARTS) is 1. The van der Waals surface area contributed by atoms with E-state index in [1.165, 1.54) is 6.08 Å². The Labute approximate surface area is 160 Å². The standard InChI is InChI=1S/C14H16O3.C6H13N3O/c1-11(2)17-13-9-7-12(8-10-13)5-3-4-6-14(15)16;1-8-2-4-9(5-3-8)6(7)10/h3-11H,1-2H3,(H,15,16);2-5H2,1H3,(H2,7,10)/b5-3+,6-4+;. The largest absolute Gasteiger partial charge is 0.491 e. The van der Waals surface area contributed by atoms with Gasteiger partial charge in [-0.2, -0.15) is 0 Å². The molecule has 0 aliphatic carbocycles. The van der Waals surface area contributed by atoms with E-state index in [1.54, 1.807) is 11.0 Å². The van der Waals surface area contributed by atoms with Crippen LogP contribution in [0.3, 0.4) is 0 Å². The summed E-state index contributed by atoms with van der Waals surface area (Å²) < 4.78 is 5.51. The molecule has 1 fully saturated rings. The smallest absolute Gasteiger partial charge is 0.328 e. The fraction of sp³-hybridized carbons (Fsp3) is 0.400. The van der Waals surface area contributed by atoms with E-state index in [0.717, 1.165) is 43.6 Å². The predicted octanol–water partition coefficient (Wildman–Crippen LogP) is 2.44. The van der Waals surface area contributed by atoms with Crippen LogP contribution in [0.1, 0.15) is 19.4 Å². The third-order valence-corrected chi connectivity index (χ3v) is 3.71. The molecule has 2 amide bonds. The van der Waals surface area contributed by atoms with Crippen LogP contribution in [0, 0.1) is 0 Å². The number of benzene rings is 1. The number of carboxylic acids is 1. The molecule has 148 valence electrons. The SMILES string of the molecule is CC(C)Oc1ccc(/C=C/C=C/C(=O)O)cc1.CN1CCN(C(N)=O)CC1. The fourth-order valence-electron chi connectivity index (χ4n) is 2.26. The second-order valence-electron chi connectivity index (χ2n) is 6.42. The Balaban J connectivity index is 0.000000309. The van der Waals surface area contributed by atoms with Gasteiger partial charge >= 0.3 is 12.0 Å². The van der Waals surface area contributed by atoms with Crippen LogP contribution in [0.25, 0.3) is 6.08 Å². The van der Waals surface area contributed by atoms with E-state index in [9.17, 15) is 9.59 Å². The molecule has 1 aromatic carbocycles. The summed E-state index contributed by atoms with van der Waals surface area (Å²) >= 11 is 0. The van der Waals surface area contributed by atoms with Gasteiger partial charge in [0.25, 0.3) is 0 Å². The minimum Gasteiger partial charge on any atom is -0.491 e. The maximum absolute atomic E-state index is 10.6. The van der Waals surface area contributed by atoms with Gasteiger partial charge in [0, 0.05) is 32.3 Å². The normalized spacial score (nSPS) is 15.0. The molecule has 0 unspecified atom stereocenters. The number of carbonyl (C=O) groups is 2. The molecule has 0 saturated carbocycles. The van der Waals surface area contributed by atoms with Crippen molar-refractivity contribution in [3.63, 3.8) is 0 Å². The number of hydrogen-bond acceptors (Lipinski definition) is 4. The zero-order valence-corrected chi connectivity index (χ0v) is 16.2. The van der Waals surface area contributed by atoms with Crippen molar-refractivity contribution >= 4 is 18.1 Å². The average Bonchev–Trinajstić information content (AvgIpc) is 2.60. The van der Waals surface area contributed by atoms with Crippen molar-refractivity contribution in [3.05, 3.63) is 48.1 Å². The molecule has 1 aliphatic rings. The van der Waals surface area contributed by atoms with Crippen molar-refractivity contribution in [2.24, 2.45) is 5.73 Å². The molecule has 0 radical (unpaired) electrons. The van der Waals surface area contributed by atoms with Crippen molar-refractivity contribution in [2.75, 3.05) is 33.2 Å². The Kier molecular flexibility index (Phi) is 9.68. The van der Waals surface area contributed by atoms with Gasteiger partial charge in [0.1, 0.15) is 5.75 Å². The minimum absolute atomic E-state index is 0.162. The van der Waals surface area contributed by atoms with Crippen LogP contribution in [0.4, 0.5) is 4.79 Å². The summed E-state index contributed by atoms with van der Waals surface area (Å²) in [6, 6.07) is 7.32. The first-order valence-corrected chi connectivity index (χ1v) is 8.85. The molecule has 1 heterocycles. The van der Waals surface area contributed by atoms with Gasteiger partial charge in [-0.05, 0) is 38.6 Å². The quantitative estimate of drug-likeness (QED) is 0.609. The van der Waals surface area contributed by atoms with Crippen LogP contribution < -0.4 is 10.5 Å². The summed E-state index contributed by atoms with van der Waals surface area (Å²) in [6.45, 7) is 7.36. The molecule has 0 atom stereocenters. The maximum Gasteiger partial charge on any atom is 0.328 e. The maximum atomic E-state index is 10.6. The zero-order valence-electron chi connectivity index (χ0n) is 16.2. The zero-order chi connectivity index (χ0) is 20.2. The van der Waals surface area contributed by atoms with Crippen LogP contribution in [-0.4, -0.2) is 66.2 Å². The number of primary amides is 1. The Morgan fingerprint density at radius 1 is 1.11 bits per heavy atom. The number of nitrogens with two attached hydrogens (primary N) is 1. The Morgan fingerprint density at radius 2 is 1.70 bits per heavy atom. The van der Waals surface area contributed by atoms with Gasteiger partial charge in [-0.3, -0.25) is 0 Å². The summed E-state index contributed by atoms with van der Waals surface area (Å²) in [7, 11) is 2.04. The number of rotatable bonds is 5. The second kappa shape index (κ2) is 11.7. The van der Waals surface area contributed by atoms with Crippen LogP contribution in [0.15, 0.2) is 42.5 Å². The Morgan fingerprint density at radius 3 is 2.19 bits per heavy atom. The molecule has 3 N–H and O–H groups in total. The molecule has 27 heavy (non-hydrogen) atoms. The average molecular weight is 375 g/mol. The lowest BCUT2D eigenvalue weighted by molar-refractivity contribution is -0.131. The molecule has 0 bridgehead atoms. The molecule has 0 aromatic heterocycles. The monoisotopic (exact) mass is 375 g/mol. The highest BCUT2D eigenvalue weighted by Gasteiger charge is 2.15. The first-order chi connectivity index (χ1) is 12.8.